The molecule has 0 spiro atoms. The lowest BCUT2D eigenvalue weighted by molar-refractivity contribution is -0.138. The zero-order valence-corrected chi connectivity index (χ0v) is 17.8. The second kappa shape index (κ2) is 8.11. The van der Waals surface area contributed by atoms with Gasteiger partial charge in [0.25, 0.3) is 5.91 Å². The number of nitrogens with zero attached hydrogens (tertiary/aromatic N) is 2. The van der Waals surface area contributed by atoms with E-state index >= 15 is 4.39 Å². The van der Waals surface area contributed by atoms with Gasteiger partial charge in [0.15, 0.2) is 5.83 Å². The van der Waals surface area contributed by atoms with Gasteiger partial charge in [-0.25, -0.2) is 9.18 Å². The highest BCUT2D eigenvalue weighted by Gasteiger charge is 2.48. The SMILES string of the molecule is CC1=C(N2CCC[C@@H](NC(=O)[C@H](C)N)C2)C(F)=CN2C(=O)C(C(=O)O)=CC(C3CC3)C12. The summed E-state index contributed by atoms with van der Waals surface area (Å²) in [5.74, 6) is -2.60. The molecule has 1 saturated heterocycles. The van der Waals surface area contributed by atoms with Crippen LogP contribution >= 0.6 is 0 Å². The zero-order chi connectivity index (χ0) is 22.4. The minimum absolute atomic E-state index is 0.135. The zero-order valence-electron chi connectivity index (χ0n) is 17.8. The number of amides is 2. The molecule has 1 saturated carbocycles. The number of likely N-dealkylation sites (tertiary alicyclic amines) is 1. The molecular weight excluding hydrogens is 403 g/mol. The first-order chi connectivity index (χ1) is 14.7. The molecule has 9 heteroatoms. The maximum atomic E-state index is 15.3. The number of nitrogens with two attached hydrogens (primary N) is 1. The Labute approximate surface area is 180 Å². The fourth-order valence-electron chi connectivity index (χ4n) is 5.02. The van der Waals surface area contributed by atoms with Gasteiger partial charge in [0, 0.05) is 31.2 Å². The third-order valence-electron chi connectivity index (χ3n) is 6.68. The molecule has 2 fully saturated rings. The van der Waals surface area contributed by atoms with Crippen LogP contribution in [0, 0.1) is 11.8 Å². The number of aliphatic carboxylic acids is 1. The average molecular weight is 432 g/mol. The molecule has 168 valence electrons. The summed E-state index contributed by atoms with van der Waals surface area (Å²) in [5.41, 5.74) is 6.54. The van der Waals surface area contributed by atoms with Crippen LogP contribution in [0.3, 0.4) is 0 Å². The van der Waals surface area contributed by atoms with Gasteiger partial charge in [-0.3, -0.25) is 9.59 Å². The van der Waals surface area contributed by atoms with Crippen LogP contribution in [0.4, 0.5) is 4.39 Å². The van der Waals surface area contributed by atoms with Gasteiger partial charge < -0.3 is 26.0 Å². The molecule has 31 heavy (non-hydrogen) atoms. The molecule has 0 aromatic rings. The Bertz CT molecular complexity index is 905. The fourth-order valence-corrected chi connectivity index (χ4v) is 5.02. The number of rotatable bonds is 5. The van der Waals surface area contributed by atoms with Crippen LogP contribution in [0.1, 0.15) is 39.5 Å². The number of fused-ring (bicyclic) bond motifs is 1. The van der Waals surface area contributed by atoms with Crippen molar-refractivity contribution in [1.29, 1.82) is 0 Å². The number of carboxylic acid groups (broad SMARTS) is 1. The van der Waals surface area contributed by atoms with Gasteiger partial charge in [-0.05, 0) is 51.0 Å². The monoisotopic (exact) mass is 432 g/mol. The Morgan fingerprint density at radius 1 is 1.32 bits per heavy atom. The van der Waals surface area contributed by atoms with Crippen molar-refractivity contribution in [3.05, 3.63) is 34.9 Å². The van der Waals surface area contributed by atoms with Crippen molar-refractivity contribution in [2.45, 2.75) is 57.7 Å². The Kier molecular flexibility index (Phi) is 5.63. The van der Waals surface area contributed by atoms with Crippen LogP contribution in [-0.4, -0.2) is 63.9 Å². The lowest BCUT2D eigenvalue weighted by Gasteiger charge is -2.45. The first-order valence-electron chi connectivity index (χ1n) is 10.9. The third-order valence-corrected chi connectivity index (χ3v) is 6.68. The number of hydrogen-bond acceptors (Lipinski definition) is 5. The normalized spacial score (nSPS) is 29.8. The summed E-state index contributed by atoms with van der Waals surface area (Å²) in [4.78, 5) is 39.6. The van der Waals surface area contributed by atoms with E-state index in [4.69, 9.17) is 5.73 Å². The summed E-state index contributed by atoms with van der Waals surface area (Å²) in [5, 5.41) is 12.4. The van der Waals surface area contributed by atoms with E-state index in [1.165, 1.54) is 4.90 Å². The molecule has 0 radical (unpaired) electrons. The largest absolute Gasteiger partial charge is 0.478 e. The molecule has 3 heterocycles. The van der Waals surface area contributed by atoms with E-state index in [9.17, 15) is 19.5 Å². The van der Waals surface area contributed by atoms with Gasteiger partial charge in [0.1, 0.15) is 5.57 Å². The van der Waals surface area contributed by atoms with Crippen molar-refractivity contribution >= 4 is 17.8 Å². The number of allylic oxidation sites excluding steroid dienone is 1. The minimum atomic E-state index is -1.28. The summed E-state index contributed by atoms with van der Waals surface area (Å²) in [7, 11) is 0. The number of carbonyl (C=O) groups is 3. The van der Waals surface area contributed by atoms with Crippen LogP contribution in [0.5, 0.6) is 0 Å². The van der Waals surface area contributed by atoms with Crippen molar-refractivity contribution in [3.63, 3.8) is 0 Å². The summed E-state index contributed by atoms with van der Waals surface area (Å²) in [6.07, 6.45) is 6.24. The number of piperidine rings is 1. The molecule has 2 amide bonds. The molecule has 0 aromatic heterocycles. The standard InChI is InChI=1S/C22H29FN4O4/c1-11-18-15(13-5-6-13)8-16(22(30)31)21(29)27(18)10-17(23)19(11)26-7-3-4-14(9-26)25-20(28)12(2)24/h8,10,12-15,18H,3-7,9,24H2,1-2H3,(H,25,28)(H,30,31)/t12-,14+,15?,18?/m0/s1. The Balaban J connectivity index is 1.64. The molecule has 3 aliphatic heterocycles. The van der Waals surface area contributed by atoms with E-state index in [-0.39, 0.29) is 23.4 Å². The first kappa shape index (κ1) is 21.5. The lowest BCUT2D eigenvalue weighted by atomic mass is 9.80. The van der Waals surface area contributed by atoms with E-state index in [2.05, 4.69) is 5.32 Å². The summed E-state index contributed by atoms with van der Waals surface area (Å²) in [6.45, 7) is 4.55. The second-order valence-electron chi connectivity index (χ2n) is 9.05. The number of nitrogens with one attached hydrogen (secondary N) is 1. The van der Waals surface area contributed by atoms with Gasteiger partial charge in [0.2, 0.25) is 5.91 Å². The molecule has 4 rings (SSSR count). The van der Waals surface area contributed by atoms with Crippen LogP contribution in [0.25, 0.3) is 0 Å². The van der Waals surface area contributed by atoms with Crippen molar-refractivity contribution in [1.82, 2.24) is 15.1 Å². The Morgan fingerprint density at radius 2 is 2.03 bits per heavy atom. The molecule has 4 atom stereocenters. The average Bonchev–Trinajstić information content (AvgIpc) is 3.54. The van der Waals surface area contributed by atoms with E-state index in [1.54, 1.807) is 13.0 Å². The molecule has 4 N–H and O–H groups in total. The van der Waals surface area contributed by atoms with Gasteiger partial charge in [-0.1, -0.05) is 6.08 Å². The van der Waals surface area contributed by atoms with E-state index in [0.717, 1.165) is 37.5 Å². The van der Waals surface area contributed by atoms with Gasteiger partial charge in [-0.2, -0.15) is 0 Å². The molecular formula is C22H29FN4O4. The highest BCUT2D eigenvalue weighted by Crippen LogP contribution is 2.47. The van der Waals surface area contributed by atoms with Crippen LogP contribution in [-0.2, 0) is 14.4 Å². The fraction of sp³-hybridized carbons (Fsp3) is 0.591. The van der Waals surface area contributed by atoms with Crippen LogP contribution in [0.15, 0.2) is 34.9 Å². The van der Waals surface area contributed by atoms with E-state index in [1.807, 2.05) is 11.8 Å². The van der Waals surface area contributed by atoms with E-state index < -0.39 is 29.8 Å². The number of hydrogen-bond donors (Lipinski definition) is 3. The topological polar surface area (TPSA) is 116 Å². The molecule has 1 aliphatic carbocycles. The summed E-state index contributed by atoms with van der Waals surface area (Å²) >= 11 is 0. The minimum Gasteiger partial charge on any atom is -0.478 e. The third kappa shape index (κ3) is 3.98. The molecule has 2 unspecified atom stereocenters. The van der Waals surface area contributed by atoms with Gasteiger partial charge >= 0.3 is 5.97 Å². The molecule has 8 nitrogen and oxygen atoms in total. The predicted molar refractivity (Wildman–Crippen MR) is 111 cm³/mol. The number of carbonyl (C=O) groups excluding carboxylic acids is 2. The number of halogens is 1. The Hall–Kier alpha value is -2.68. The van der Waals surface area contributed by atoms with Crippen molar-refractivity contribution in [2.24, 2.45) is 17.6 Å². The number of carboxylic acids is 1. The van der Waals surface area contributed by atoms with Gasteiger partial charge in [0.05, 0.1) is 17.8 Å². The van der Waals surface area contributed by atoms with Crippen LogP contribution in [0.2, 0.25) is 0 Å². The highest BCUT2D eigenvalue weighted by atomic mass is 19.1. The van der Waals surface area contributed by atoms with Crippen molar-refractivity contribution < 1.29 is 23.9 Å². The lowest BCUT2D eigenvalue weighted by Crippen LogP contribution is -2.53. The second-order valence-corrected chi connectivity index (χ2v) is 9.05. The Morgan fingerprint density at radius 3 is 2.65 bits per heavy atom. The summed E-state index contributed by atoms with van der Waals surface area (Å²) < 4.78 is 15.3. The summed E-state index contributed by atoms with van der Waals surface area (Å²) in [6, 6.07) is -1.14. The molecule has 0 bridgehead atoms. The molecule has 4 aliphatic rings. The molecule has 0 aromatic carbocycles. The van der Waals surface area contributed by atoms with Gasteiger partial charge in [-0.15, -0.1) is 0 Å². The quantitative estimate of drug-likeness (QED) is 0.564. The maximum Gasteiger partial charge on any atom is 0.341 e. The highest BCUT2D eigenvalue weighted by molar-refractivity contribution is 6.16. The predicted octanol–water partition coefficient (Wildman–Crippen LogP) is 1.26. The van der Waals surface area contributed by atoms with Crippen LogP contribution < -0.4 is 11.1 Å². The van der Waals surface area contributed by atoms with E-state index in [0.29, 0.717) is 24.7 Å². The van der Waals surface area contributed by atoms with Crippen molar-refractivity contribution in [3.8, 4) is 0 Å². The first-order valence-corrected chi connectivity index (χ1v) is 10.9. The maximum absolute atomic E-state index is 15.3. The van der Waals surface area contributed by atoms with Crippen molar-refractivity contribution in [2.75, 3.05) is 13.1 Å². The smallest absolute Gasteiger partial charge is 0.341 e.